The van der Waals surface area contributed by atoms with Crippen LogP contribution in [0.1, 0.15) is 63.3 Å². The number of carbonyl (C=O) groups is 1. The predicted molar refractivity (Wildman–Crippen MR) is 157 cm³/mol. The Hall–Kier alpha value is -3.11. The van der Waals surface area contributed by atoms with Crippen LogP contribution in [0, 0.1) is 5.92 Å². The second kappa shape index (κ2) is 11.2. The van der Waals surface area contributed by atoms with E-state index in [2.05, 4.69) is 56.4 Å². The minimum absolute atomic E-state index is 0.142. The minimum Gasteiger partial charge on any atom is -0.274 e. The number of hydrogen-bond acceptors (Lipinski definition) is 6. The second-order valence-electron chi connectivity index (χ2n) is 10.5. The Labute approximate surface area is 237 Å². The Morgan fingerprint density at radius 3 is 2.64 bits per heavy atom. The summed E-state index contributed by atoms with van der Waals surface area (Å²) in [5.41, 5.74) is 6.26. The lowest BCUT2D eigenvalue weighted by Gasteiger charge is -2.29. The molecule has 0 atom stereocenters. The van der Waals surface area contributed by atoms with Gasteiger partial charge in [0, 0.05) is 35.0 Å². The van der Waals surface area contributed by atoms with Gasteiger partial charge in [-0.3, -0.25) is 14.5 Å². The molecule has 1 N–H and O–H groups in total. The van der Waals surface area contributed by atoms with Crippen molar-refractivity contribution >= 4 is 48.4 Å². The number of para-hydroxylation sites is 1. The molecule has 1 aliphatic carbocycles. The SMILES string of the molecule is C=C(C)CS(=O)(=O)NC(=O)CC1CCC(c2nc3c(-c4cnc5ccccc5c4)cnn3c(CC)c2Br)CC1. The van der Waals surface area contributed by atoms with Crippen molar-refractivity contribution in [3.63, 3.8) is 0 Å². The van der Waals surface area contributed by atoms with Gasteiger partial charge < -0.3 is 0 Å². The molecule has 4 aromatic rings. The fraction of sp³-hybridized carbons (Fsp3) is 0.379. The molecule has 0 radical (unpaired) electrons. The zero-order chi connectivity index (χ0) is 27.7. The van der Waals surface area contributed by atoms with E-state index in [1.807, 2.05) is 35.1 Å². The number of amides is 1. The first-order chi connectivity index (χ1) is 18.6. The third kappa shape index (κ3) is 5.91. The Bertz CT molecular complexity index is 1670. The molecule has 1 saturated carbocycles. The van der Waals surface area contributed by atoms with Crippen molar-refractivity contribution in [1.29, 1.82) is 0 Å². The third-order valence-electron chi connectivity index (χ3n) is 7.35. The van der Waals surface area contributed by atoms with E-state index in [1.165, 1.54) is 0 Å². The highest BCUT2D eigenvalue weighted by atomic mass is 79.9. The Kier molecular flexibility index (Phi) is 7.87. The molecule has 5 rings (SSSR count). The maximum Gasteiger partial charge on any atom is 0.238 e. The molecule has 8 nitrogen and oxygen atoms in total. The molecule has 10 heteroatoms. The average molecular weight is 611 g/mol. The van der Waals surface area contributed by atoms with Gasteiger partial charge in [-0.2, -0.15) is 5.10 Å². The van der Waals surface area contributed by atoms with Crippen molar-refractivity contribution in [2.45, 2.75) is 58.3 Å². The highest BCUT2D eigenvalue weighted by Crippen LogP contribution is 2.41. The van der Waals surface area contributed by atoms with Crippen molar-refractivity contribution in [3.05, 3.63) is 70.7 Å². The molecule has 3 heterocycles. The van der Waals surface area contributed by atoms with Gasteiger partial charge in [-0.1, -0.05) is 37.3 Å². The number of nitrogens with zero attached hydrogens (tertiary/aromatic N) is 4. The van der Waals surface area contributed by atoms with Crippen LogP contribution >= 0.6 is 15.9 Å². The second-order valence-corrected chi connectivity index (χ2v) is 13.0. The molecular formula is C29H32BrN5O3S. The lowest BCUT2D eigenvalue weighted by Crippen LogP contribution is -2.34. The van der Waals surface area contributed by atoms with E-state index in [1.54, 1.807) is 6.92 Å². The number of benzene rings is 1. The number of halogens is 1. The first-order valence-corrected chi connectivity index (χ1v) is 15.7. The number of hydrogen-bond donors (Lipinski definition) is 1. The number of aromatic nitrogens is 4. The standard InChI is InChI=1S/C29H32BrN5O3S/c1-4-25-27(30)28(20-11-9-19(10-12-20)13-26(36)34-39(37,38)17-18(2)3)33-29-23(16-32-35(25)29)22-14-21-7-5-6-8-24(21)31-15-22/h5-8,14-16,19-20H,2,4,9-13,17H2,1,3H3,(H,34,36). The average Bonchev–Trinajstić information content (AvgIpc) is 3.31. The Morgan fingerprint density at radius 2 is 1.92 bits per heavy atom. The van der Waals surface area contributed by atoms with Crippen LogP contribution in [0.2, 0.25) is 0 Å². The molecule has 1 aromatic carbocycles. The fourth-order valence-corrected chi connectivity index (χ4v) is 7.54. The first kappa shape index (κ1) is 27.5. The molecule has 1 fully saturated rings. The summed E-state index contributed by atoms with van der Waals surface area (Å²) in [6.07, 6.45) is 8.16. The van der Waals surface area contributed by atoms with Gasteiger partial charge in [0.15, 0.2) is 5.65 Å². The number of rotatable bonds is 8. The number of fused-ring (bicyclic) bond motifs is 2. The fourth-order valence-electron chi connectivity index (χ4n) is 5.53. The zero-order valence-electron chi connectivity index (χ0n) is 22.2. The summed E-state index contributed by atoms with van der Waals surface area (Å²) in [7, 11) is -3.68. The van der Waals surface area contributed by atoms with Gasteiger partial charge in [0.1, 0.15) is 0 Å². The van der Waals surface area contributed by atoms with Crippen LogP contribution in [-0.2, 0) is 21.2 Å². The van der Waals surface area contributed by atoms with Gasteiger partial charge in [0.05, 0.1) is 33.3 Å². The van der Waals surface area contributed by atoms with Gasteiger partial charge >= 0.3 is 0 Å². The van der Waals surface area contributed by atoms with Crippen molar-refractivity contribution in [2.75, 3.05) is 5.75 Å². The number of nitrogens with one attached hydrogen (secondary N) is 1. The van der Waals surface area contributed by atoms with Crippen molar-refractivity contribution in [2.24, 2.45) is 5.92 Å². The van der Waals surface area contributed by atoms with E-state index in [9.17, 15) is 13.2 Å². The van der Waals surface area contributed by atoms with Crippen LogP contribution in [0.15, 0.2) is 59.4 Å². The molecule has 1 amide bonds. The van der Waals surface area contributed by atoms with E-state index in [0.29, 0.717) is 5.57 Å². The Morgan fingerprint density at radius 1 is 1.18 bits per heavy atom. The molecule has 0 aliphatic heterocycles. The summed E-state index contributed by atoms with van der Waals surface area (Å²) in [6, 6.07) is 10.2. The van der Waals surface area contributed by atoms with Crippen LogP contribution in [0.4, 0.5) is 0 Å². The van der Waals surface area contributed by atoms with Crippen molar-refractivity contribution in [1.82, 2.24) is 24.3 Å². The summed E-state index contributed by atoms with van der Waals surface area (Å²) in [4.78, 5) is 22.2. The van der Waals surface area contributed by atoms with Gasteiger partial charge in [-0.25, -0.2) is 17.9 Å². The van der Waals surface area contributed by atoms with Gasteiger partial charge in [0.2, 0.25) is 15.9 Å². The lowest BCUT2D eigenvalue weighted by molar-refractivity contribution is -0.120. The third-order valence-corrected chi connectivity index (χ3v) is 9.63. The van der Waals surface area contributed by atoms with E-state index in [0.717, 1.165) is 75.6 Å². The molecule has 0 bridgehead atoms. The smallest absolute Gasteiger partial charge is 0.238 e. The lowest BCUT2D eigenvalue weighted by atomic mass is 9.79. The van der Waals surface area contributed by atoms with Crippen LogP contribution in [0.5, 0.6) is 0 Å². The quantitative estimate of drug-likeness (QED) is 0.247. The topological polar surface area (TPSA) is 106 Å². The molecular weight excluding hydrogens is 578 g/mol. The monoisotopic (exact) mass is 609 g/mol. The van der Waals surface area contributed by atoms with E-state index >= 15 is 0 Å². The summed E-state index contributed by atoms with van der Waals surface area (Å²) < 4.78 is 29.3. The molecule has 0 spiro atoms. The van der Waals surface area contributed by atoms with Gasteiger partial charge in [-0.05, 0) is 73.0 Å². The van der Waals surface area contributed by atoms with E-state index in [-0.39, 0.29) is 24.0 Å². The molecule has 0 saturated heterocycles. The number of sulfonamides is 1. The maximum atomic E-state index is 12.4. The van der Waals surface area contributed by atoms with Crippen LogP contribution < -0.4 is 4.72 Å². The highest BCUT2D eigenvalue weighted by molar-refractivity contribution is 9.10. The van der Waals surface area contributed by atoms with Crippen LogP contribution in [0.3, 0.4) is 0 Å². The summed E-state index contributed by atoms with van der Waals surface area (Å²) in [5.74, 6) is -0.303. The molecule has 3 aromatic heterocycles. The zero-order valence-corrected chi connectivity index (χ0v) is 24.6. The van der Waals surface area contributed by atoms with Crippen LogP contribution in [-0.4, -0.2) is 39.7 Å². The highest BCUT2D eigenvalue weighted by Gasteiger charge is 2.29. The van der Waals surface area contributed by atoms with Crippen molar-refractivity contribution in [3.8, 4) is 11.1 Å². The first-order valence-electron chi connectivity index (χ1n) is 13.2. The number of carbonyl (C=O) groups excluding carboxylic acids is 1. The number of aryl methyl sites for hydroxylation is 1. The Balaban J connectivity index is 1.37. The predicted octanol–water partition coefficient (Wildman–Crippen LogP) is 5.96. The summed E-state index contributed by atoms with van der Waals surface area (Å²) in [5, 5.41) is 5.75. The maximum absolute atomic E-state index is 12.4. The molecule has 204 valence electrons. The molecule has 39 heavy (non-hydrogen) atoms. The minimum atomic E-state index is -3.68. The van der Waals surface area contributed by atoms with Gasteiger partial charge in [0.25, 0.3) is 0 Å². The summed E-state index contributed by atoms with van der Waals surface area (Å²) >= 11 is 3.83. The van der Waals surface area contributed by atoms with Crippen LogP contribution in [0.25, 0.3) is 27.7 Å². The van der Waals surface area contributed by atoms with E-state index in [4.69, 9.17) is 4.98 Å². The molecule has 1 aliphatic rings. The number of pyridine rings is 1. The molecule has 0 unspecified atom stereocenters. The summed E-state index contributed by atoms with van der Waals surface area (Å²) in [6.45, 7) is 7.36. The normalized spacial score (nSPS) is 17.9. The largest absolute Gasteiger partial charge is 0.274 e. The van der Waals surface area contributed by atoms with E-state index < -0.39 is 15.9 Å². The van der Waals surface area contributed by atoms with Crippen molar-refractivity contribution < 1.29 is 13.2 Å². The van der Waals surface area contributed by atoms with Gasteiger partial charge in [-0.15, -0.1) is 0 Å².